The van der Waals surface area contributed by atoms with Gasteiger partial charge in [-0.25, -0.2) is 9.78 Å². The van der Waals surface area contributed by atoms with Crippen LogP contribution in [0.5, 0.6) is 5.75 Å². The first-order valence-corrected chi connectivity index (χ1v) is 10.7. The maximum Gasteiger partial charge on any atom is 0.346 e. The number of aromatic nitrogens is 1. The van der Waals surface area contributed by atoms with Gasteiger partial charge in [0.25, 0.3) is 0 Å². The van der Waals surface area contributed by atoms with E-state index in [1.807, 2.05) is 91.0 Å². The van der Waals surface area contributed by atoms with E-state index in [-0.39, 0.29) is 5.63 Å². The Labute approximate surface area is 189 Å². The predicted molar refractivity (Wildman–Crippen MR) is 133 cm³/mol. The molecule has 0 aliphatic rings. The second-order valence-corrected chi connectivity index (χ2v) is 7.92. The molecule has 0 aliphatic heterocycles. The average molecular weight is 429 g/mol. The quantitative estimate of drug-likeness (QED) is 0.228. The van der Waals surface area contributed by atoms with Gasteiger partial charge in [-0.15, -0.1) is 0 Å². The van der Waals surface area contributed by atoms with Crippen molar-refractivity contribution in [3.05, 3.63) is 107 Å². The number of ether oxygens (including phenoxy) is 1. The summed E-state index contributed by atoms with van der Waals surface area (Å²) >= 11 is 0. The number of hydrogen-bond donors (Lipinski definition) is 0. The van der Waals surface area contributed by atoms with Crippen LogP contribution in [0.1, 0.15) is 0 Å². The Balaban J connectivity index is 1.80. The van der Waals surface area contributed by atoms with Crippen molar-refractivity contribution in [2.24, 2.45) is 0 Å². The van der Waals surface area contributed by atoms with Crippen LogP contribution in [0.25, 0.3) is 55.0 Å². The highest BCUT2D eigenvalue weighted by molar-refractivity contribution is 6.19. The molecule has 158 valence electrons. The Hall–Kier alpha value is -4.44. The van der Waals surface area contributed by atoms with Crippen LogP contribution in [0.3, 0.4) is 0 Å². The lowest BCUT2D eigenvalue weighted by molar-refractivity contribution is 0.415. The van der Waals surface area contributed by atoms with Gasteiger partial charge in [-0.1, -0.05) is 60.7 Å². The Morgan fingerprint density at radius 3 is 2.30 bits per heavy atom. The van der Waals surface area contributed by atoms with E-state index in [0.717, 1.165) is 44.3 Å². The number of methoxy groups -OCH3 is 1. The molecule has 4 aromatic carbocycles. The molecule has 0 fully saturated rings. The average Bonchev–Trinajstić information content (AvgIpc) is 2.88. The highest BCUT2D eigenvalue weighted by atomic mass is 16.5. The topological polar surface area (TPSA) is 52.3 Å². The summed E-state index contributed by atoms with van der Waals surface area (Å²) in [4.78, 5) is 18.3. The van der Waals surface area contributed by atoms with Gasteiger partial charge in [0.15, 0.2) is 0 Å². The lowest BCUT2D eigenvalue weighted by atomic mass is 9.96. The van der Waals surface area contributed by atoms with Crippen molar-refractivity contribution in [1.29, 1.82) is 0 Å². The molecule has 4 nitrogen and oxygen atoms in total. The van der Waals surface area contributed by atoms with E-state index >= 15 is 0 Å². The molecule has 0 bridgehead atoms. The van der Waals surface area contributed by atoms with Crippen LogP contribution in [0, 0.1) is 0 Å². The molecule has 0 saturated heterocycles. The standard InChI is InChI=1S/C29H19NO3/c1-32-21-14-11-20(12-15-21)24-17-23(18-7-3-2-4-8-18)27-28(30-24)26-22-10-6-5-9-19(22)13-16-25(26)33-29(27)31/h2-17H,1H3. The zero-order valence-electron chi connectivity index (χ0n) is 17.9. The van der Waals surface area contributed by atoms with Crippen molar-refractivity contribution in [1.82, 2.24) is 4.98 Å². The van der Waals surface area contributed by atoms with Crippen LogP contribution < -0.4 is 10.4 Å². The summed E-state index contributed by atoms with van der Waals surface area (Å²) in [6, 6.07) is 31.5. The van der Waals surface area contributed by atoms with Gasteiger partial charge in [-0.3, -0.25) is 0 Å². The van der Waals surface area contributed by atoms with Crippen LogP contribution in [-0.4, -0.2) is 12.1 Å². The maximum absolute atomic E-state index is 13.2. The molecule has 6 rings (SSSR count). The molecule has 0 unspecified atom stereocenters. The smallest absolute Gasteiger partial charge is 0.346 e. The number of pyridine rings is 1. The number of rotatable bonds is 3. The second-order valence-electron chi connectivity index (χ2n) is 7.92. The Morgan fingerprint density at radius 2 is 1.52 bits per heavy atom. The molecule has 0 radical (unpaired) electrons. The highest BCUT2D eigenvalue weighted by Crippen LogP contribution is 2.36. The van der Waals surface area contributed by atoms with Crippen molar-refractivity contribution in [2.45, 2.75) is 0 Å². The first-order chi connectivity index (χ1) is 16.2. The van der Waals surface area contributed by atoms with E-state index in [1.165, 1.54) is 0 Å². The van der Waals surface area contributed by atoms with Gasteiger partial charge in [0.05, 0.1) is 29.1 Å². The Morgan fingerprint density at radius 1 is 0.758 bits per heavy atom. The third-order valence-corrected chi connectivity index (χ3v) is 6.02. The number of nitrogens with zero attached hydrogens (tertiary/aromatic N) is 1. The molecule has 33 heavy (non-hydrogen) atoms. The zero-order valence-corrected chi connectivity index (χ0v) is 17.9. The van der Waals surface area contributed by atoms with Gasteiger partial charge in [0, 0.05) is 11.1 Å². The monoisotopic (exact) mass is 429 g/mol. The zero-order chi connectivity index (χ0) is 22.4. The minimum absolute atomic E-state index is 0.389. The van der Waals surface area contributed by atoms with Crippen molar-refractivity contribution in [3.8, 4) is 28.1 Å². The van der Waals surface area contributed by atoms with Gasteiger partial charge in [-0.2, -0.15) is 0 Å². The van der Waals surface area contributed by atoms with E-state index < -0.39 is 0 Å². The molecular formula is C29H19NO3. The summed E-state index contributed by atoms with van der Waals surface area (Å²) in [5.41, 5.74) is 4.25. The SMILES string of the molecule is COc1ccc(-c2cc(-c3ccccc3)c3c(=O)oc4ccc5ccccc5c4c3n2)cc1. The molecule has 2 heterocycles. The minimum atomic E-state index is -0.389. The van der Waals surface area contributed by atoms with Gasteiger partial charge in [0.2, 0.25) is 0 Å². The third-order valence-electron chi connectivity index (χ3n) is 6.02. The largest absolute Gasteiger partial charge is 0.497 e. The molecule has 2 aromatic heterocycles. The summed E-state index contributed by atoms with van der Waals surface area (Å²) in [6.45, 7) is 0. The van der Waals surface area contributed by atoms with Crippen LogP contribution in [0.4, 0.5) is 0 Å². The maximum atomic E-state index is 13.2. The van der Waals surface area contributed by atoms with E-state index in [1.54, 1.807) is 7.11 Å². The molecule has 0 aliphatic carbocycles. The second kappa shape index (κ2) is 7.61. The summed E-state index contributed by atoms with van der Waals surface area (Å²) in [5, 5.41) is 3.40. The van der Waals surface area contributed by atoms with Crippen molar-refractivity contribution >= 4 is 32.6 Å². The Kier molecular flexibility index (Phi) is 4.44. The van der Waals surface area contributed by atoms with Crippen molar-refractivity contribution < 1.29 is 9.15 Å². The number of fused-ring (bicyclic) bond motifs is 5. The van der Waals surface area contributed by atoms with Crippen molar-refractivity contribution in [2.75, 3.05) is 7.11 Å². The fraction of sp³-hybridized carbons (Fsp3) is 0.0345. The van der Waals surface area contributed by atoms with Gasteiger partial charge < -0.3 is 9.15 Å². The third kappa shape index (κ3) is 3.15. The molecule has 0 saturated carbocycles. The van der Waals surface area contributed by atoms with Crippen LogP contribution in [0.2, 0.25) is 0 Å². The normalized spacial score (nSPS) is 11.3. The highest BCUT2D eigenvalue weighted by Gasteiger charge is 2.18. The Bertz CT molecular complexity index is 1700. The number of benzene rings is 4. The predicted octanol–water partition coefficient (Wildman–Crippen LogP) is 6.84. The van der Waals surface area contributed by atoms with E-state index in [9.17, 15) is 4.79 Å². The van der Waals surface area contributed by atoms with Gasteiger partial charge in [0.1, 0.15) is 11.3 Å². The molecule has 4 heteroatoms. The molecule has 0 spiro atoms. The molecule has 0 amide bonds. The summed E-state index contributed by atoms with van der Waals surface area (Å²) in [5.74, 6) is 0.778. The first-order valence-electron chi connectivity index (χ1n) is 10.7. The summed E-state index contributed by atoms with van der Waals surface area (Å²) in [7, 11) is 1.65. The van der Waals surface area contributed by atoms with Crippen LogP contribution in [-0.2, 0) is 0 Å². The molecular weight excluding hydrogens is 410 g/mol. The summed E-state index contributed by atoms with van der Waals surface area (Å²) in [6.07, 6.45) is 0. The fourth-order valence-electron chi connectivity index (χ4n) is 4.42. The molecule has 6 aromatic rings. The van der Waals surface area contributed by atoms with Crippen molar-refractivity contribution in [3.63, 3.8) is 0 Å². The lowest BCUT2D eigenvalue weighted by Crippen LogP contribution is -2.04. The first kappa shape index (κ1) is 19.3. The lowest BCUT2D eigenvalue weighted by Gasteiger charge is -2.12. The van der Waals surface area contributed by atoms with E-state index in [4.69, 9.17) is 14.1 Å². The molecule has 0 N–H and O–H groups in total. The van der Waals surface area contributed by atoms with Gasteiger partial charge in [-0.05, 0) is 52.7 Å². The molecule has 0 atom stereocenters. The number of hydrogen-bond acceptors (Lipinski definition) is 4. The van der Waals surface area contributed by atoms with Crippen LogP contribution in [0.15, 0.2) is 106 Å². The van der Waals surface area contributed by atoms with E-state index in [0.29, 0.717) is 16.5 Å². The van der Waals surface area contributed by atoms with E-state index in [2.05, 4.69) is 6.07 Å². The van der Waals surface area contributed by atoms with Crippen LogP contribution >= 0.6 is 0 Å². The summed E-state index contributed by atoms with van der Waals surface area (Å²) < 4.78 is 11.1. The fourth-order valence-corrected chi connectivity index (χ4v) is 4.42. The van der Waals surface area contributed by atoms with Gasteiger partial charge >= 0.3 is 5.63 Å². The minimum Gasteiger partial charge on any atom is -0.497 e.